The van der Waals surface area contributed by atoms with Crippen molar-refractivity contribution in [1.29, 1.82) is 0 Å². The molecule has 3 amide bonds. The summed E-state index contributed by atoms with van der Waals surface area (Å²) >= 11 is 6.01. The number of hydrogen-bond acceptors (Lipinski definition) is 7. The number of amides is 3. The molecule has 4 rings (SSSR count). The molecular weight excluding hydrogens is 386 g/mol. The van der Waals surface area contributed by atoms with Crippen LogP contribution in [-0.2, 0) is 14.3 Å². The summed E-state index contributed by atoms with van der Waals surface area (Å²) in [4.78, 5) is 44.1. The molecule has 9 nitrogen and oxygen atoms in total. The van der Waals surface area contributed by atoms with Gasteiger partial charge < -0.3 is 14.5 Å². The van der Waals surface area contributed by atoms with E-state index in [0.29, 0.717) is 11.6 Å². The summed E-state index contributed by atoms with van der Waals surface area (Å²) < 4.78 is 4.64. The Morgan fingerprint density at radius 3 is 2.64 bits per heavy atom. The van der Waals surface area contributed by atoms with E-state index in [4.69, 9.17) is 11.6 Å². The second-order valence-corrected chi connectivity index (χ2v) is 7.52. The smallest absolute Gasteiger partial charge is 0.328 e. The third-order valence-electron chi connectivity index (χ3n) is 5.54. The summed E-state index contributed by atoms with van der Waals surface area (Å²) in [5.74, 6) is -1.01. The highest BCUT2D eigenvalue weighted by Crippen LogP contribution is 2.33. The second-order valence-electron chi connectivity index (χ2n) is 7.09. The zero-order chi connectivity index (χ0) is 20.0. The number of halogens is 1. The lowest BCUT2D eigenvalue weighted by Gasteiger charge is -2.43. The highest BCUT2D eigenvalue weighted by Gasteiger charge is 2.56. The summed E-state index contributed by atoms with van der Waals surface area (Å²) in [6, 6.07) is 6.47. The fourth-order valence-electron chi connectivity index (χ4n) is 4.16. The Balaban J connectivity index is 1.63. The van der Waals surface area contributed by atoms with E-state index < -0.39 is 24.2 Å². The molecule has 3 heterocycles. The van der Waals surface area contributed by atoms with Crippen LogP contribution in [0.2, 0.25) is 5.02 Å². The van der Waals surface area contributed by atoms with Crippen LogP contribution < -0.4 is 10.2 Å². The van der Waals surface area contributed by atoms with Crippen LogP contribution >= 0.6 is 11.6 Å². The number of nitrogens with zero attached hydrogens (tertiary/aromatic N) is 4. The predicted molar refractivity (Wildman–Crippen MR) is 102 cm³/mol. The molecule has 1 aromatic rings. The molecule has 3 unspecified atom stereocenters. The van der Waals surface area contributed by atoms with Gasteiger partial charge in [-0.15, -0.1) is 0 Å². The molecule has 0 radical (unpaired) electrons. The topological polar surface area (TPSA) is 85.4 Å². The van der Waals surface area contributed by atoms with Crippen molar-refractivity contribution in [1.82, 2.24) is 20.0 Å². The summed E-state index contributed by atoms with van der Waals surface area (Å²) in [6.45, 7) is 1.14. The van der Waals surface area contributed by atoms with Gasteiger partial charge in [-0.05, 0) is 30.7 Å². The maximum Gasteiger partial charge on any atom is 0.328 e. The van der Waals surface area contributed by atoms with Crippen LogP contribution in [-0.4, -0.2) is 84.9 Å². The monoisotopic (exact) mass is 407 g/mol. The van der Waals surface area contributed by atoms with Gasteiger partial charge >= 0.3 is 12.0 Å². The zero-order valence-corrected chi connectivity index (χ0v) is 16.4. The minimum Gasteiger partial charge on any atom is -0.468 e. The van der Waals surface area contributed by atoms with Crippen LogP contribution in [0.4, 0.5) is 10.5 Å². The molecule has 3 fully saturated rings. The number of benzene rings is 1. The van der Waals surface area contributed by atoms with Gasteiger partial charge in [-0.2, -0.15) is 0 Å². The van der Waals surface area contributed by atoms with Crippen molar-refractivity contribution >= 4 is 35.2 Å². The number of likely N-dealkylation sites (N-methyl/N-ethyl adjacent to an activating group) is 1. The highest BCUT2D eigenvalue weighted by molar-refractivity contribution is 6.30. The van der Waals surface area contributed by atoms with Crippen LogP contribution in [0.15, 0.2) is 24.3 Å². The number of imide groups is 1. The van der Waals surface area contributed by atoms with Gasteiger partial charge in [0.2, 0.25) is 0 Å². The van der Waals surface area contributed by atoms with Crippen molar-refractivity contribution in [2.45, 2.75) is 24.9 Å². The molecule has 0 bridgehead atoms. The molecule has 3 aliphatic heterocycles. The van der Waals surface area contributed by atoms with Crippen molar-refractivity contribution in [3.63, 3.8) is 0 Å². The van der Waals surface area contributed by atoms with E-state index in [1.807, 2.05) is 24.3 Å². The molecular formula is C18H22ClN5O4. The maximum atomic E-state index is 13.1. The Kier molecular flexibility index (Phi) is 4.90. The number of anilines is 1. The third kappa shape index (κ3) is 2.99. The van der Waals surface area contributed by atoms with E-state index in [9.17, 15) is 14.4 Å². The normalized spacial score (nSPS) is 27.7. The molecule has 1 N–H and O–H groups in total. The first-order chi connectivity index (χ1) is 13.4. The van der Waals surface area contributed by atoms with Crippen molar-refractivity contribution in [3.8, 4) is 0 Å². The predicted octanol–water partition coefficient (Wildman–Crippen LogP) is 0.501. The van der Waals surface area contributed by atoms with Gasteiger partial charge in [0.1, 0.15) is 25.0 Å². The Morgan fingerprint density at radius 2 is 1.96 bits per heavy atom. The van der Waals surface area contributed by atoms with Crippen molar-refractivity contribution in [2.75, 3.05) is 38.7 Å². The maximum absolute atomic E-state index is 13.1. The number of hydrogen-bond donors (Lipinski definition) is 1. The Bertz CT molecular complexity index is 804. The van der Waals surface area contributed by atoms with E-state index >= 15 is 0 Å². The first-order valence-electron chi connectivity index (χ1n) is 9.11. The summed E-state index contributed by atoms with van der Waals surface area (Å²) in [7, 11) is 2.87. The van der Waals surface area contributed by atoms with Crippen LogP contribution in [0, 0.1) is 0 Å². The molecule has 0 spiro atoms. The van der Waals surface area contributed by atoms with Crippen molar-refractivity contribution in [3.05, 3.63) is 29.3 Å². The molecule has 1 aromatic carbocycles. The highest BCUT2D eigenvalue weighted by atomic mass is 35.5. The molecule has 3 atom stereocenters. The summed E-state index contributed by atoms with van der Waals surface area (Å²) in [6.07, 6.45) is 0.167. The number of methoxy groups -OCH3 is 1. The standard InChI is InChI=1S/C18H22ClN5O4/c1-21-15-14(16(26)24(18(21)27)10-13(25)28-2)23-9-3-8-22(17(23)20-15)12-6-4-11(19)5-7-12/h4-7,14-15,17,20H,3,8-10H2,1-2H3. The molecule has 28 heavy (non-hydrogen) atoms. The number of fused-ring (bicyclic) bond motifs is 3. The van der Waals surface area contributed by atoms with Crippen molar-refractivity contribution < 1.29 is 19.1 Å². The van der Waals surface area contributed by atoms with Crippen LogP contribution in [0.5, 0.6) is 0 Å². The largest absolute Gasteiger partial charge is 0.468 e. The molecule has 3 aliphatic rings. The molecule has 0 aromatic heterocycles. The quantitative estimate of drug-likeness (QED) is 0.730. The summed E-state index contributed by atoms with van der Waals surface area (Å²) in [5, 5.41) is 4.07. The van der Waals surface area contributed by atoms with E-state index in [1.54, 1.807) is 7.05 Å². The molecule has 3 saturated heterocycles. The van der Waals surface area contributed by atoms with Crippen LogP contribution in [0.3, 0.4) is 0 Å². The van der Waals surface area contributed by atoms with Crippen LogP contribution in [0.1, 0.15) is 6.42 Å². The van der Waals surface area contributed by atoms with Gasteiger partial charge in [0.15, 0.2) is 0 Å². The summed E-state index contributed by atoms with van der Waals surface area (Å²) in [5.41, 5.74) is 0.984. The third-order valence-corrected chi connectivity index (χ3v) is 5.79. The average molecular weight is 408 g/mol. The SMILES string of the molecule is COC(=O)CN1C(=O)C2C(NC3N(c4ccc(Cl)cc4)CCCN23)N(C)C1=O. The van der Waals surface area contributed by atoms with Gasteiger partial charge in [-0.25, -0.2) is 4.79 Å². The molecule has 0 saturated carbocycles. The second kappa shape index (κ2) is 7.23. The van der Waals surface area contributed by atoms with E-state index in [1.165, 1.54) is 12.0 Å². The first kappa shape index (κ1) is 19.0. The lowest BCUT2D eigenvalue weighted by Crippen LogP contribution is -2.67. The molecule has 0 aliphatic carbocycles. The number of esters is 1. The number of rotatable bonds is 3. The minimum atomic E-state index is -0.627. The lowest BCUT2D eigenvalue weighted by atomic mass is 10.1. The Morgan fingerprint density at radius 1 is 1.25 bits per heavy atom. The van der Waals surface area contributed by atoms with Crippen LogP contribution in [0.25, 0.3) is 0 Å². The van der Waals surface area contributed by atoms with Gasteiger partial charge in [-0.3, -0.25) is 24.7 Å². The number of urea groups is 1. The fraction of sp³-hybridized carbons (Fsp3) is 0.500. The average Bonchev–Trinajstić information content (AvgIpc) is 3.10. The number of carbonyl (C=O) groups is 3. The number of nitrogens with one attached hydrogen (secondary N) is 1. The fourth-order valence-corrected chi connectivity index (χ4v) is 4.28. The Labute approximate surface area is 167 Å². The first-order valence-corrected chi connectivity index (χ1v) is 9.49. The number of carbonyl (C=O) groups excluding carboxylic acids is 3. The molecule has 150 valence electrons. The molecule has 10 heteroatoms. The van der Waals surface area contributed by atoms with Gasteiger partial charge in [0.25, 0.3) is 5.91 Å². The Hall–Kier alpha value is -2.36. The number of ether oxygens (including phenoxy) is 1. The van der Waals surface area contributed by atoms with E-state index in [-0.39, 0.29) is 18.7 Å². The van der Waals surface area contributed by atoms with Gasteiger partial charge in [0.05, 0.1) is 7.11 Å². The minimum absolute atomic E-state index is 0.234. The van der Waals surface area contributed by atoms with Crippen molar-refractivity contribution in [2.24, 2.45) is 0 Å². The van der Waals surface area contributed by atoms with Gasteiger partial charge in [-0.1, -0.05) is 11.6 Å². The van der Waals surface area contributed by atoms with E-state index in [2.05, 4.69) is 19.9 Å². The zero-order valence-electron chi connectivity index (χ0n) is 15.7. The lowest BCUT2D eigenvalue weighted by molar-refractivity contribution is -0.149. The van der Waals surface area contributed by atoms with Gasteiger partial charge in [0, 0.05) is 30.8 Å². The van der Waals surface area contributed by atoms with E-state index in [0.717, 1.165) is 23.6 Å².